The zero-order valence-corrected chi connectivity index (χ0v) is 19.1. The van der Waals surface area contributed by atoms with Crippen LogP contribution in [0.1, 0.15) is 44.9 Å². The van der Waals surface area contributed by atoms with Gasteiger partial charge < -0.3 is 20.3 Å². The van der Waals surface area contributed by atoms with E-state index in [1.165, 1.54) is 6.42 Å². The molecular weight excluding hydrogens is 465 g/mol. The number of imidazole rings is 1. The molecule has 1 aliphatic rings. The molecule has 1 saturated carbocycles. The molecule has 0 saturated heterocycles. The Morgan fingerprint density at radius 1 is 1.25 bits per heavy atom. The molecule has 3 N–H and O–H groups in total. The first-order chi connectivity index (χ1) is 13.1. The maximum absolute atomic E-state index is 10.7. The lowest BCUT2D eigenvalue weighted by atomic mass is 9.85. The van der Waals surface area contributed by atoms with E-state index in [9.17, 15) is 5.11 Å². The number of aliphatic imine (C=N–C) groups is 1. The van der Waals surface area contributed by atoms with Gasteiger partial charge in [-0.15, -0.1) is 24.0 Å². The van der Waals surface area contributed by atoms with Gasteiger partial charge in [0.1, 0.15) is 5.82 Å². The molecule has 1 aliphatic carbocycles. The van der Waals surface area contributed by atoms with Crippen molar-refractivity contribution in [2.45, 2.75) is 51.2 Å². The summed E-state index contributed by atoms with van der Waals surface area (Å²) in [6.07, 6.45) is 6.96. The molecular formula is C21H32IN5O. The molecule has 154 valence electrons. The summed E-state index contributed by atoms with van der Waals surface area (Å²) in [7, 11) is 2.00. The summed E-state index contributed by atoms with van der Waals surface area (Å²) in [6, 6.07) is 10.2. The fourth-order valence-corrected chi connectivity index (χ4v) is 3.57. The summed E-state index contributed by atoms with van der Waals surface area (Å²) in [5, 5.41) is 14.0. The normalized spacial score (nSPS) is 16.3. The molecule has 1 aromatic heterocycles. The lowest BCUT2D eigenvalue weighted by Crippen LogP contribution is -2.41. The monoisotopic (exact) mass is 497 g/mol. The van der Waals surface area contributed by atoms with Crippen molar-refractivity contribution in [1.82, 2.24) is 20.2 Å². The van der Waals surface area contributed by atoms with E-state index in [0.717, 1.165) is 55.3 Å². The van der Waals surface area contributed by atoms with Gasteiger partial charge in [-0.25, -0.2) is 4.98 Å². The topological polar surface area (TPSA) is 76.5 Å². The Labute approximate surface area is 184 Å². The van der Waals surface area contributed by atoms with Crippen LogP contribution in [0.3, 0.4) is 0 Å². The summed E-state index contributed by atoms with van der Waals surface area (Å²) < 4.78 is 0. The zero-order chi connectivity index (χ0) is 19.1. The van der Waals surface area contributed by atoms with Crippen LogP contribution < -0.4 is 5.32 Å². The van der Waals surface area contributed by atoms with Crippen LogP contribution >= 0.6 is 24.0 Å². The molecule has 0 aliphatic heterocycles. The zero-order valence-electron chi connectivity index (χ0n) is 16.8. The van der Waals surface area contributed by atoms with Crippen LogP contribution in [0.25, 0.3) is 11.3 Å². The minimum atomic E-state index is -0.648. The van der Waals surface area contributed by atoms with Crippen LogP contribution in [0, 0.1) is 0 Å². The number of hydrogen-bond acceptors (Lipinski definition) is 3. The number of aromatic nitrogens is 2. The number of nitrogens with zero attached hydrogens (tertiary/aromatic N) is 3. The van der Waals surface area contributed by atoms with Crippen LogP contribution in [-0.4, -0.2) is 51.7 Å². The average Bonchev–Trinajstić information content (AvgIpc) is 3.15. The van der Waals surface area contributed by atoms with Gasteiger partial charge >= 0.3 is 0 Å². The molecule has 0 spiro atoms. The highest BCUT2D eigenvalue weighted by atomic mass is 127. The highest BCUT2D eigenvalue weighted by Crippen LogP contribution is 2.28. The lowest BCUT2D eigenvalue weighted by Gasteiger charge is -2.31. The van der Waals surface area contributed by atoms with Gasteiger partial charge in [-0.3, -0.25) is 4.99 Å². The van der Waals surface area contributed by atoms with Crippen molar-refractivity contribution >= 4 is 29.9 Å². The quantitative estimate of drug-likeness (QED) is 0.323. The summed E-state index contributed by atoms with van der Waals surface area (Å²) in [5.74, 6) is 1.69. The Bertz CT molecular complexity index is 740. The molecule has 0 unspecified atom stereocenters. The molecule has 1 aromatic carbocycles. The average molecular weight is 497 g/mol. The number of rotatable bonds is 6. The van der Waals surface area contributed by atoms with Crippen LogP contribution in [0.5, 0.6) is 0 Å². The van der Waals surface area contributed by atoms with E-state index < -0.39 is 5.60 Å². The van der Waals surface area contributed by atoms with E-state index in [-0.39, 0.29) is 24.0 Å². The summed E-state index contributed by atoms with van der Waals surface area (Å²) >= 11 is 0. The number of aromatic amines is 1. The number of guanidine groups is 1. The van der Waals surface area contributed by atoms with E-state index >= 15 is 0 Å². The number of H-pyrrole nitrogens is 1. The molecule has 2 aromatic rings. The number of halogens is 1. The van der Waals surface area contributed by atoms with Crippen LogP contribution in [-0.2, 0) is 6.54 Å². The molecule has 7 heteroatoms. The third-order valence-electron chi connectivity index (χ3n) is 5.10. The van der Waals surface area contributed by atoms with Crippen molar-refractivity contribution in [3.8, 4) is 11.3 Å². The minimum Gasteiger partial charge on any atom is -0.388 e. The molecule has 1 heterocycles. The molecule has 1 fully saturated rings. The third-order valence-corrected chi connectivity index (χ3v) is 5.10. The highest BCUT2D eigenvalue weighted by Gasteiger charge is 2.29. The van der Waals surface area contributed by atoms with Crippen molar-refractivity contribution in [3.05, 3.63) is 42.4 Å². The predicted octanol–water partition coefficient (Wildman–Crippen LogP) is 3.79. The van der Waals surface area contributed by atoms with Crippen molar-refractivity contribution in [3.63, 3.8) is 0 Å². The second-order valence-electron chi connectivity index (χ2n) is 7.42. The fourth-order valence-electron chi connectivity index (χ4n) is 3.57. The number of aliphatic hydroxyl groups is 1. The lowest BCUT2D eigenvalue weighted by molar-refractivity contribution is 0.0130. The minimum absolute atomic E-state index is 0. The van der Waals surface area contributed by atoms with Crippen LogP contribution in [0.15, 0.2) is 41.5 Å². The summed E-state index contributed by atoms with van der Waals surface area (Å²) in [6.45, 7) is 3.91. The van der Waals surface area contributed by atoms with Crippen molar-refractivity contribution in [2.24, 2.45) is 4.99 Å². The van der Waals surface area contributed by atoms with Gasteiger partial charge in [0, 0.05) is 13.6 Å². The molecule has 0 atom stereocenters. The van der Waals surface area contributed by atoms with Crippen molar-refractivity contribution in [2.75, 3.05) is 20.1 Å². The van der Waals surface area contributed by atoms with E-state index in [2.05, 4.69) is 34.3 Å². The Morgan fingerprint density at radius 2 is 1.96 bits per heavy atom. The maximum atomic E-state index is 10.7. The highest BCUT2D eigenvalue weighted by molar-refractivity contribution is 14.0. The van der Waals surface area contributed by atoms with Gasteiger partial charge in [-0.05, 0) is 25.3 Å². The first-order valence-corrected chi connectivity index (χ1v) is 9.91. The largest absolute Gasteiger partial charge is 0.388 e. The molecule has 28 heavy (non-hydrogen) atoms. The second-order valence-corrected chi connectivity index (χ2v) is 7.42. The standard InChI is InChI=1S/C21H31N5O.HI/c1-3-22-20(24-16-21(27)12-8-5-9-13-21)26(2)15-19-23-14-18(25-19)17-10-6-4-7-11-17;/h4,6-7,10-11,14,27H,3,5,8-9,12-13,15-16H2,1-2H3,(H,22,24)(H,23,25);1H. The molecule has 0 bridgehead atoms. The van der Waals surface area contributed by atoms with Crippen LogP contribution in [0.4, 0.5) is 0 Å². The predicted molar refractivity (Wildman–Crippen MR) is 125 cm³/mol. The molecule has 3 rings (SSSR count). The molecule has 0 radical (unpaired) electrons. The van der Waals surface area contributed by atoms with E-state index in [4.69, 9.17) is 4.99 Å². The summed E-state index contributed by atoms with van der Waals surface area (Å²) in [5.41, 5.74) is 1.49. The van der Waals surface area contributed by atoms with E-state index in [1.807, 2.05) is 36.3 Å². The van der Waals surface area contributed by atoms with Gasteiger partial charge in [-0.1, -0.05) is 49.6 Å². The van der Waals surface area contributed by atoms with Gasteiger partial charge in [0.05, 0.1) is 30.6 Å². The Morgan fingerprint density at radius 3 is 2.64 bits per heavy atom. The first kappa shape index (κ1) is 22.7. The molecule has 6 nitrogen and oxygen atoms in total. The van der Waals surface area contributed by atoms with Crippen molar-refractivity contribution < 1.29 is 5.11 Å². The number of hydrogen-bond donors (Lipinski definition) is 3. The van der Waals surface area contributed by atoms with E-state index in [1.54, 1.807) is 0 Å². The maximum Gasteiger partial charge on any atom is 0.194 e. The Balaban J connectivity index is 0.00000280. The summed E-state index contributed by atoms with van der Waals surface area (Å²) in [4.78, 5) is 14.6. The Hall–Kier alpha value is -1.61. The smallest absolute Gasteiger partial charge is 0.194 e. The fraction of sp³-hybridized carbons (Fsp3) is 0.524. The van der Waals surface area contributed by atoms with Gasteiger partial charge in [0.25, 0.3) is 0 Å². The van der Waals surface area contributed by atoms with Gasteiger partial charge in [-0.2, -0.15) is 0 Å². The molecule has 0 amide bonds. The number of benzene rings is 1. The first-order valence-electron chi connectivity index (χ1n) is 9.91. The third kappa shape index (κ3) is 6.20. The van der Waals surface area contributed by atoms with Crippen LogP contribution in [0.2, 0.25) is 0 Å². The SMILES string of the molecule is CCNC(=NCC1(O)CCCCC1)N(C)Cc1ncc(-c2ccccc2)[nH]1.I. The van der Waals surface area contributed by atoms with Crippen molar-refractivity contribution in [1.29, 1.82) is 0 Å². The van der Waals surface area contributed by atoms with E-state index in [0.29, 0.717) is 13.1 Å². The van der Waals surface area contributed by atoms with Gasteiger partial charge in [0.15, 0.2) is 5.96 Å². The van der Waals surface area contributed by atoms with Gasteiger partial charge in [0.2, 0.25) is 0 Å². The Kier molecular flexibility index (Phi) is 8.75. The second kappa shape index (κ2) is 10.8. The number of nitrogens with one attached hydrogen (secondary N) is 2.